The van der Waals surface area contributed by atoms with Gasteiger partial charge < -0.3 is 5.32 Å². The maximum atomic E-state index is 5.56. The monoisotopic (exact) mass is 247 g/mol. The highest BCUT2D eigenvalue weighted by Gasteiger charge is 1.96. The standard InChI is InChI=1S/C18H17N/c1-2-16(17-10-5-3-6-11-17)12-9-15-19-18-13-7-4-8-14-18/h1,3-8,10-14,19H,9,15H2/b16-12+. The molecule has 94 valence electrons. The third-order valence-electron chi connectivity index (χ3n) is 2.84. The second kappa shape index (κ2) is 7.08. The SMILES string of the molecule is C#C/C(=C\CCNc1ccccc1)c1ccccc1. The second-order valence-electron chi connectivity index (χ2n) is 4.21. The minimum absolute atomic E-state index is 0.877. The second-order valence-corrected chi connectivity index (χ2v) is 4.21. The van der Waals surface area contributed by atoms with Crippen LogP contribution >= 0.6 is 0 Å². The molecule has 0 fully saturated rings. The number of hydrogen-bond acceptors (Lipinski definition) is 1. The number of terminal acetylenes is 1. The molecule has 0 saturated carbocycles. The highest BCUT2D eigenvalue weighted by atomic mass is 14.9. The molecule has 0 spiro atoms. The Morgan fingerprint density at radius 3 is 2.26 bits per heavy atom. The minimum Gasteiger partial charge on any atom is -0.385 e. The zero-order chi connectivity index (χ0) is 13.3. The first-order valence-corrected chi connectivity index (χ1v) is 6.41. The Labute approximate surface area is 115 Å². The van der Waals surface area contributed by atoms with E-state index >= 15 is 0 Å². The van der Waals surface area contributed by atoms with Crippen molar-refractivity contribution in [1.29, 1.82) is 0 Å². The first-order chi connectivity index (χ1) is 9.40. The molecular weight excluding hydrogens is 230 g/mol. The molecule has 2 aromatic carbocycles. The van der Waals surface area contributed by atoms with Gasteiger partial charge in [-0.05, 0) is 24.1 Å². The van der Waals surface area contributed by atoms with E-state index in [9.17, 15) is 0 Å². The molecule has 0 heterocycles. The van der Waals surface area contributed by atoms with Crippen LogP contribution in [0.2, 0.25) is 0 Å². The minimum atomic E-state index is 0.877. The van der Waals surface area contributed by atoms with E-state index in [1.54, 1.807) is 0 Å². The molecule has 0 saturated heterocycles. The topological polar surface area (TPSA) is 12.0 Å². The zero-order valence-corrected chi connectivity index (χ0v) is 10.8. The van der Waals surface area contributed by atoms with E-state index in [2.05, 4.69) is 29.4 Å². The summed E-state index contributed by atoms with van der Waals surface area (Å²) in [7, 11) is 0. The van der Waals surface area contributed by atoms with Crippen molar-refractivity contribution >= 4 is 11.3 Å². The van der Waals surface area contributed by atoms with Crippen LogP contribution in [0.3, 0.4) is 0 Å². The van der Waals surface area contributed by atoms with Crippen LogP contribution < -0.4 is 5.32 Å². The van der Waals surface area contributed by atoms with Crippen molar-refractivity contribution < 1.29 is 0 Å². The fourth-order valence-corrected chi connectivity index (χ4v) is 1.87. The third kappa shape index (κ3) is 4.04. The maximum Gasteiger partial charge on any atom is 0.0340 e. The van der Waals surface area contributed by atoms with Gasteiger partial charge in [0, 0.05) is 17.8 Å². The van der Waals surface area contributed by atoms with Gasteiger partial charge >= 0.3 is 0 Å². The quantitative estimate of drug-likeness (QED) is 0.616. The molecule has 0 aliphatic heterocycles. The molecule has 1 heteroatoms. The molecule has 0 radical (unpaired) electrons. The fraction of sp³-hybridized carbons (Fsp3) is 0.111. The summed E-state index contributed by atoms with van der Waals surface area (Å²) in [5.41, 5.74) is 3.19. The van der Waals surface area contributed by atoms with E-state index in [0.29, 0.717) is 0 Å². The summed E-state index contributed by atoms with van der Waals surface area (Å²) in [5, 5.41) is 3.36. The molecule has 0 aliphatic carbocycles. The third-order valence-corrected chi connectivity index (χ3v) is 2.84. The van der Waals surface area contributed by atoms with Gasteiger partial charge in [0.15, 0.2) is 0 Å². The highest BCUT2D eigenvalue weighted by Crippen LogP contribution is 2.13. The summed E-state index contributed by atoms with van der Waals surface area (Å²) in [6, 6.07) is 20.2. The van der Waals surface area contributed by atoms with E-state index in [-0.39, 0.29) is 0 Å². The van der Waals surface area contributed by atoms with Crippen molar-refractivity contribution in [3.63, 3.8) is 0 Å². The molecule has 0 unspecified atom stereocenters. The number of benzene rings is 2. The Bertz CT molecular complexity index is 562. The van der Waals surface area contributed by atoms with Crippen LogP contribution in [0.4, 0.5) is 5.69 Å². The van der Waals surface area contributed by atoms with Crippen molar-refractivity contribution in [2.75, 3.05) is 11.9 Å². The summed E-state index contributed by atoms with van der Waals surface area (Å²) >= 11 is 0. The largest absolute Gasteiger partial charge is 0.385 e. The van der Waals surface area contributed by atoms with E-state index in [0.717, 1.165) is 29.8 Å². The summed E-state index contributed by atoms with van der Waals surface area (Å²) in [6.07, 6.45) is 8.57. The van der Waals surface area contributed by atoms with Gasteiger partial charge in [-0.25, -0.2) is 0 Å². The maximum absolute atomic E-state index is 5.56. The van der Waals surface area contributed by atoms with E-state index in [1.165, 1.54) is 0 Å². The molecule has 0 amide bonds. The van der Waals surface area contributed by atoms with Gasteiger partial charge in [0.1, 0.15) is 0 Å². The predicted octanol–water partition coefficient (Wildman–Crippen LogP) is 4.21. The lowest BCUT2D eigenvalue weighted by atomic mass is 10.1. The van der Waals surface area contributed by atoms with Gasteiger partial charge in [-0.1, -0.05) is 60.5 Å². The average Bonchev–Trinajstić information content (AvgIpc) is 2.49. The molecular formula is C18H17N. The smallest absolute Gasteiger partial charge is 0.0340 e. The molecule has 1 N–H and O–H groups in total. The summed E-state index contributed by atoms with van der Waals surface area (Å²) in [4.78, 5) is 0. The van der Waals surface area contributed by atoms with Crippen LogP contribution in [0.25, 0.3) is 5.57 Å². The Kier molecular flexibility index (Phi) is 4.84. The zero-order valence-electron chi connectivity index (χ0n) is 10.8. The molecule has 19 heavy (non-hydrogen) atoms. The van der Waals surface area contributed by atoms with Crippen molar-refractivity contribution in [3.8, 4) is 12.3 Å². The lowest BCUT2D eigenvalue weighted by Gasteiger charge is -2.04. The van der Waals surface area contributed by atoms with Crippen LogP contribution in [0.5, 0.6) is 0 Å². The van der Waals surface area contributed by atoms with Crippen molar-refractivity contribution in [1.82, 2.24) is 0 Å². The Hall–Kier alpha value is -2.46. The fourth-order valence-electron chi connectivity index (χ4n) is 1.87. The lowest BCUT2D eigenvalue weighted by Crippen LogP contribution is -1.99. The molecule has 1 nitrogen and oxygen atoms in total. The Balaban J connectivity index is 1.90. The first-order valence-electron chi connectivity index (χ1n) is 6.41. The molecule has 0 bridgehead atoms. The van der Waals surface area contributed by atoms with E-state index in [4.69, 9.17) is 6.42 Å². The molecule has 0 aliphatic rings. The number of rotatable bonds is 5. The van der Waals surface area contributed by atoms with Crippen molar-refractivity contribution in [2.45, 2.75) is 6.42 Å². The van der Waals surface area contributed by atoms with E-state index in [1.807, 2.05) is 48.5 Å². The van der Waals surface area contributed by atoms with Gasteiger partial charge in [0.25, 0.3) is 0 Å². The lowest BCUT2D eigenvalue weighted by molar-refractivity contribution is 1.07. The average molecular weight is 247 g/mol. The van der Waals surface area contributed by atoms with E-state index < -0.39 is 0 Å². The van der Waals surface area contributed by atoms with Gasteiger partial charge in [-0.3, -0.25) is 0 Å². The Morgan fingerprint density at radius 2 is 1.63 bits per heavy atom. The van der Waals surface area contributed by atoms with Gasteiger partial charge in [-0.2, -0.15) is 0 Å². The molecule has 0 atom stereocenters. The number of para-hydroxylation sites is 1. The number of hydrogen-bond donors (Lipinski definition) is 1. The normalized spacial score (nSPS) is 10.8. The molecule has 2 rings (SSSR count). The van der Waals surface area contributed by atoms with Crippen molar-refractivity contribution in [3.05, 3.63) is 72.3 Å². The van der Waals surface area contributed by atoms with Crippen LogP contribution in [0.15, 0.2) is 66.7 Å². The van der Waals surface area contributed by atoms with Gasteiger partial charge in [0.05, 0.1) is 0 Å². The van der Waals surface area contributed by atoms with Crippen LogP contribution in [0, 0.1) is 12.3 Å². The summed E-state index contributed by atoms with van der Waals surface area (Å²) in [6.45, 7) is 0.877. The summed E-state index contributed by atoms with van der Waals surface area (Å²) in [5.74, 6) is 2.75. The Morgan fingerprint density at radius 1 is 1.00 bits per heavy atom. The van der Waals surface area contributed by atoms with Gasteiger partial charge in [-0.15, -0.1) is 6.42 Å². The predicted molar refractivity (Wildman–Crippen MR) is 82.8 cm³/mol. The number of anilines is 1. The van der Waals surface area contributed by atoms with Crippen LogP contribution in [-0.4, -0.2) is 6.54 Å². The van der Waals surface area contributed by atoms with Crippen LogP contribution in [0.1, 0.15) is 12.0 Å². The van der Waals surface area contributed by atoms with Crippen molar-refractivity contribution in [2.24, 2.45) is 0 Å². The summed E-state index contributed by atoms with van der Waals surface area (Å²) < 4.78 is 0. The van der Waals surface area contributed by atoms with Gasteiger partial charge in [0.2, 0.25) is 0 Å². The number of allylic oxidation sites excluding steroid dienone is 1. The van der Waals surface area contributed by atoms with Crippen LogP contribution in [-0.2, 0) is 0 Å². The first kappa shape index (κ1) is 13.0. The molecule has 2 aromatic rings. The highest BCUT2D eigenvalue weighted by molar-refractivity contribution is 5.78. The molecule has 0 aromatic heterocycles. The number of nitrogens with one attached hydrogen (secondary N) is 1.